The summed E-state index contributed by atoms with van der Waals surface area (Å²) in [5, 5.41) is 16.3. The quantitative estimate of drug-likeness (QED) is 0.687. The first-order chi connectivity index (χ1) is 16.5. The van der Waals surface area contributed by atoms with Crippen molar-refractivity contribution in [2.45, 2.75) is 31.7 Å². The van der Waals surface area contributed by atoms with Gasteiger partial charge in [-0.25, -0.2) is 9.99 Å². The maximum atomic E-state index is 13.0. The molecule has 0 aromatic carbocycles. The maximum Gasteiger partial charge on any atom is 0.246 e. The van der Waals surface area contributed by atoms with Crippen molar-refractivity contribution < 1.29 is 4.79 Å². The Bertz CT molecular complexity index is 999. The fourth-order valence-corrected chi connectivity index (χ4v) is 4.87. The molecule has 5 rings (SSSR count). The van der Waals surface area contributed by atoms with Crippen molar-refractivity contribution in [3.05, 3.63) is 23.9 Å². The Morgan fingerprint density at radius 1 is 1.03 bits per heavy atom. The van der Waals surface area contributed by atoms with Gasteiger partial charge in [0.2, 0.25) is 11.9 Å². The number of piperazine rings is 1. The third-order valence-electron chi connectivity index (χ3n) is 6.85. The highest BCUT2D eigenvalue weighted by atomic mass is 16.2. The Morgan fingerprint density at radius 2 is 1.79 bits per heavy atom. The van der Waals surface area contributed by atoms with E-state index in [0.29, 0.717) is 18.2 Å². The lowest BCUT2D eigenvalue weighted by atomic mass is 10.1. The second kappa shape index (κ2) is 9.67. The van der Waals surface area contributed by atoms with Crippen LogP contribution in [0.15, 0.2) is 18.3 Å². The first-order valence-electron chi connectivity index (χ1n) is 12.1. The summed E-state index contributed by atoms with van der Waals surface area (Å²) >= 11 is 0. The van der Waals surface area contributed by atoms with Crippen molar-refractivity contribution in [3.63, 3.8) is 0 Å². The summed E-state index contributed by atoms with van der Waals surface area (Å²) in [5.41, 5.74) is 0.993. The molecule has 0 bridgehead atoms. The third kappa shape index (κ3) is 4.62. The van der Waals surface area contributed by atoms with Crippen molar-refractivity contribution in [1.82, 2.24) is 35.0 Å². The van der Waals surface area contributed by atoms with Crippen LogP contribution in [-0.4, -0.2) is 107 Å². The lowest BCUT2D eigenvalue weighted by Crippen LogP contribution is -2.54. The van der Waals surface area contributed by atoms with Crippen molar-refractivity contribution in [2.24, 2.45) is 0 Å². The minimum atomic E-state index is -0.282. The number of likely N-dealkylation sites (N-methyl/N-ethyl adjacent to an activating group) is 2. The van der Waals surface area contributed by atoms with E-state index in [0.717, 1.165) is 69.3 Å². The molecule has 1 atom stereocenters. The number of fused-ring (bicyclic) bond motifs is 1. The smallest absolute Gasteiger partial charge is 0.246 e. The molecule has 2 saturated heterocycles. The van der Waals surface area contributed by atoms with Gasteiger partial charge in [-0.1, -0.05) is 6.42 Å². The molecule has 5 heterocycles. The van der Waals surface area contributed by atoms with Gasteiger partial charge in [-0.15, -0.1) is 10.2 Å². The van der Waals surface area contributed by atoms with Crippen LogP contribution in [0.25, 0.3) is 0 Å². The largest absolute Gasteiger partial charge is 0.353 e. The van der Waals surface area contributed by atoms with Gasteiger partial charge in [0.05, 0.1) is 0 Å². The molecule has 1 amide bonds. The molecule has 2 aromatic heterocycles. The van der Waals surface area contributed by atoms with Crippen LogP contribution in [0.1, 0.15) is 24.8 Å². The second-order valence-corrected chi connectivity index (χ2v) is 9.55. The first kappa shape index (κ1) is 22.7. The van der Waals surface area contributed by atoms with E-state index < -0.39 is 0 Å². The van der Waals surface area contributed by atoms with Gasteiger partial charge in [-0.2, -0.15) is 4.98 Å². The average Bonchev–Trinajstić information content (AvgIpc) is 3.24. The summed E-state index contributed by atoms with van der Waals surface area (Å²) in [7, 11) is 5.75. The molecule has 3 aliphatic rings. The highest BCUT2D eigenvalue weighted by Crippen LogP contribution is 2.34. The van der Waals surface area contributed by atoms with E-state index in [2.05, 4.69) is 47.4 Å². The van der Waals surface area contributed by atoms with Crippen LogP contribution in [0, 0.1) is 0 Å². The van der Waals surface area contributed by atoms with E-state index in [1.807, 2.05) is 32.4 Å². The molecule has 1 N–H and O–H groups in total. The highest BCUT2D eigenvalue weighted by molar-refractivity contribution is 5.87. The van der Waals surface area contributed by atoms with E-state index in [4.69, 9.17) is 4.98 Å². The van der Waals surface area contributed by atoms with Crippen molar-refractivity contribution in [1.29, 1.82) is 0 Å². The van der Waals surface area contributed by atoms with Crippen LogP contribution in [0.3, 0.4) is 0 Å². The van der Waals surface area contributed by atoms with Crippen LogP contribution >= 0.6 is 0 Å². The monoisotopic (exact) mass is 466 g/mol. The SMILES string of the molecule is CN1CCN(c2ccc(Nc3ncc4c(n3)N(N3CCCCC3)C(C(=O)N(C)C)C4)nn2)CC1. The summed E-state index contributed by atoms with van der Waals surface area (Å²) in [6, 6.07) is 3.62. The Kier molecular flexibility index (Phi) is 6.46. The van der Waals surface area contributed by atoms with E-state index in [9.17, 15) is 4.79 Å². The summed E-state index contributed by atoms with van der Waals surface area (Å²) in [6.45, 7) is 5.81. The fourth-order valence-electron chi connectivity index (χ4n) is 4.87. The molecule has 11 nitrogen and oxygen atoms in total. The molecule has 0 aliphatic carbocycles. The number of hydrazine groups is 1. The molecule has 0 radical (unpaired) electrons. The van der Waals surface area contributed by atoms with Gasteiger partial charge in [-0.3, -0.25) is 9.80 Å². The molecule has 3 aliphatic heterocycles. The van der Waals surface area contributed by atoms with Crippen molar-refractivity contribution in [3.8, 4) is 0 Å². The molecule has 11 heteroatoms. The van der Waals surface area contributed by atoms with Crippen molar-refractivity contribution >= 4 is 29.3 Å². The Balaban J connectivity index is 1.34. The number of hydrogen-bond acceptors (Lipinski definition) is 10. The number of amides is 1. The zero-order valence-corrected chi connectivity index (χ0v) is 20.3. The topological polar surface area (TPSA) is 96.9 Å². The van der Waals surface area contributed by atoms with E-state index in [1.165, 1.54) is 6.42 Å². The number of hydrogen-bond donors (Lipinski definition) is 1. The van der Waals surface area contributed by atoms with Gasteiger partial charge < -0.3 is 20.0 Å². The number of carbonyl (C=O) groups is 1. The van der Waals surface area contributed by atoms with Crippen LogP contribution < -0.4 is 15.2 Å². The summed E-state index contributed by atoms with van der Waals surface area (Å²) in [6.07, 6.45) is 5.92. The minimum absolute atomic E-state index is 0.0865. The van der Waals surface area contributed by atoms with Gasteiger partial charge in [-0.05, 0) is 32.0 Å². The minimum Gasteiger partial charge on any atom is -0.353 e. The zero-order valence-electron chi connectivity index (χ0n) is 20.3. The summed E-state index contributed by atoms with van der Waals surface area (Å²) in [4.78, 5) is 28.6. The van der Waals surface area contributed by atoms with Crippen LogP contribution in [0.2, 0.25) is 0 Å². The molecule has 1 unspecified atom stereocenters. The number of anilines is 4. The molecule has 34 heavy (non-hydrogen) atoms. The standard InChI is InChI=1S/C23H34N10O/c1-29(2)22(34)18-15-17-16-24-23(26-21(17)33(18)32-9-5-4-6-10-32)25-19-7-8-20(28-27-19)31-13-11-30(3)12-14-31/h7-8,16,18H,4-6,9-15H2,1-3H3,(H,24,25,26,27). The molecule has 0 spiro atoms. The van der Waals surface area contributed by atoms with Crippen LogP contribution in [0.4, 0.5) is 23.4 Å². The lowest BCUT2D eigenvalue weighted by Gasteiger charge is -2.39. The van der Waals surface area contributed by atoms with Gasteiger partial charge >= 0.3 is 0 Å². The van der Waals surface area contributed by atoms with E-state index in [1.54, 1.807) is 4.90 Å². The van der Waals surface area contributed by atoms with Crippen molar-refractivity contribution in [2.75, 3.05) is 75.6 Å². The molecule has 182 valence electrons. The Labute approximate surface area is 200 Å². The maximum absolute atomic E-state index is 13.0. The lowest BCUT2D eigenvalue weighted by molar-refractivity contribution is -0.130. The number of piperidine rings is 1. The average molecular weight is 467 g/mol. The number of carbonyl (C=O) groups excluding carboxylic acids is 1. The predicted octanol–water partition coefficient (Wildman–Crippen LogP) is 0.982. The van der Waals surface area contributed by atoms with Gasteiger partial charge in [0.1, 0.15) is 6.04 Å². The first-order valence-corrected chi connectivity index (χ1v) is 12.1. The van der Waals surface area contributed by atoms with Crippen LogP contribution in [0.5, 0.6) is 0 Å². The molecular weight excluding hydrogens is 432 g/mol. The van der Waals surface area contributed by atoms with E-state index >= 15 is 0 Å². The Morgan fingerprint density at radius 3 is 2.47 bits per heavy atom. The third-order valence-corrected chi connectivity index (χ3v) is 6.85. The summed E-state index contributed by atoms with van der Waals surface area (Å²) in [5.74, 6) is 2.83. The molecule has 2 aromatic rings. The molecule has 0 saturated carbocycles. The number of rotatable bonds is 5. The van der Waals surface area contributed by atoms with Crippen LogP contribution in [-0.2, 0) is 11.2 Å². The number of aromatic nitrogens is 4. The summed E-state index contributed by atoms with van der Waals surface area (Å²) < 4.78 is 0. The van der Waals surface area contributed by atoms with Gasteiger partial charge in [0.15, 0.2) is 17.5 Å². The fraction of sp³-hybridized carbons (Fsp3) is 0.609. The zero-order chi connectivity index (χ0) is 23.7. The number of nitrogens with zero attached hydrogens (tertiary/aromatic N) is 9. The molecular formula is C23H34N10O. The van der Waals surface area contributed by atoms with Gasteiger partial charge in [0.25, 0.3) is 0 Å². The molecule has 2 fully saturated rings. The Hall–Kier alpha value is -3.05. The highest BCUT2D eigenvalue weighted by Gasteiger charge is 2.40. The normalized spacial score (nSPS) is 21.4. The van der Waals surface area contributed by atoms with Gasteiger partial charge in [0, 0.05) is 71.5 Å². The van der Waals surface area contributed by atoms with E-state index in [-0.39, 0.29) is 11.9 Å². The second-order valence-electron chi connectivity index (χ2n) is 9.55. The predicted molar refractivity (Wildman–Crippen MR) is 131 cm³/mol. The number of nitrogens with one attached hydrogen (secondary N) is 1.